The van der Waals surface area contributed by atoms with Gasteiger partial charge < -0.3 is 24.6 Å². The summed E-state index contributed by atoms with van der Waals surface area (Å²) in [5.74, 6) is 0. The third-order valence-corrected chi connectivity index (χ3v) is 1.67. The van der Waals surface area contributed by atoms with E-state index in [1.807, 2.05) is 13.8 Å². The van der Waals surface area contributed by atoms with Crippen molar-refractivity contribution in [2.75, 3.05) is 46.1 Å². The molecule has 0 atom stereocenters. The highest BCUT2D eigenvalue weighted by Gasteiger charge is 2.05. The molecule has 0 spiro atoms. The molecular formula is C10H23NO4. The first-order chi connectivity index (χ1) is 7.35. The molecule has 0 saturated heterocycles. The molecule has 0 radical (unpaired) electrons. The molecule has 0 saturated carbocycles. The lowest BCUT2D eigenvalue weighted by molar-refractivity contribution is -0.133. The summed E-state index contributed by atoms with van der Waals surface area (Å²) in [6.07, 6.45) is -0.183. The standard InChI is InChI=1S/C10H23NO4/c1-3-14-10(15-4-2)9-11-5-7-13-8-6-12/h10-12H,3-9H2,1-2H3. The van der Waals surface area contributed by atoms with Gasteiger partial charge in [0, 0.05) is 26.3 Å². The van der Waals surface area contributed by atoms with Gasteiger partial charge in [-0.1, -0.05) is 0 Å². The highest BCUT2D eigenvalue weighted by molar-refractivity contribution is 4.51. The van der Waals surface area contributed by atoms with Crippen molar-refractivity contribution in [2.24, 2.45) is 0 Å². The quantitative estimate of drug-likeness (QED) is 0.379. The van der Waals surface area contributed by atoms with Crippen molar-refractivity contribution in [1.29, 1.82) is 0 Å². The van der Waals surface area contributed by atoms with Crippen LogP contribution < -0.4 is 5.32 Å². The summed E-state index contributed by atoms with van der Waals surface area (Å²) in [6.45, 7) is 7.61. The first kappa shape index (κ1) is 14.8. The van der Waals surface area contributed by atoms with Crippen molar-refractivity contribution in [3.8, 4) is 0 Å². The highest BCUT2D eigenvalue weighted by Crippen LogP contribution is 1.92. The molecule has 0 heterocycles. The van der Waals surface area contributed by atoms with E-state index in [0.29, 0.717) is 33.0 Å². The maximum atomic E-state index is 8.47. The Hall–Kier alpha value is -0.200. The lowest BCUT2D eigenvalue weighted by Crippen LogP contribution is -2.33. The monoisotopic (exact) mass is 221 g/mol. The zero-order chi connectivity index (χ0) is 11.4. The van der Waals surface area contributed by atoms with Crippen molar-refractivity contribution in [2.45, 2.75) is 20.1 Å². The Morgan fingerprint density at radius 2 is 1.80 bits per heavy atom. The van der Waals surface area contributed by atoms with Crippen LogP contribution in [0.2, 0.25) is 0 Å². The minimum Gasteiger partial charge on any atom is -0.394 e. The van der Waals surface area contributed by atoms with Gasteiger partial charge in [0.05, 0.1) is 19.8 Å². The Labute approximate surface area is 91.7 Å². The van der Waals surface area contributed by atoms with Gasteiger partial charge in [0.1, 0.15) is 0 Å². The molecule has 0 aliphatic heterocycles. The molecule has 0 bridgehead atoms. The average molecular weight is 221 g/mol. The van der Waals surface area contributed by atoms with E-state index in [2.05, 4.69) is 5.32 Å². The van der Waals surface area contributed by atoms with E-state index in [-0.39, 0.29) is 12.9 Å². The topological polar surface area (TPSA) is 60.0 Å². The molecule has 0 rings (SSSR count). The molecule has 0 aromatic heterocycles. The summed E-state index contributed by atoms with van der Waals surface area (Å²) in [6, 6.07) is 0. The van der Waals surface area contributed by atoms with Gasteiger partial charge in [0.25, 0.3) is 0 Å². The summed E-state index contributed by atoms with van der Waals surface area (Å²) >= 11 is 0. The van der Waals surface area contributed by atoms with Crippen molar-refractivity contribution >= 4 is 0 Å². The summed E-state index contributed by atoms with van der Waals surface area (Å²) in [7, 11) is 0. The van der Waals surface area contributed by atoms with Gasteiger partial charge in [-0.3, -0.25) is 0 Å². The van der Waals surface area contributed by atoms with Crippen molar-refractivity contribution < 1.29 is 19.3 Å². The minimum absolute atomic E-state index is 0.0700. The molecule has 92 valence electrons. The van der Waals surface area contributed by atoms with Crippen LogP contribution in [0.4, 0.5) is 0 Å². The van der Waals surface area contributed by atoms with Gasteiger partial charge in [0.15, 0.2) is 6.29 Å². The molecule has 0 amide bonds. The molecule has 5 nitrogen and oxygen atoms in total. The van der Waals surface area contributed by atoms with Gasteiger partial charge in [-0.05, 0) is 13.8 Å². The maximum Gasteiger partial charge on any atom is 0.169 e. The predicted octanol–water partition coefficient (Wildman–Crippen LogP) is -0.0160. The minimum atomic E-state index is -0.183. The first-order valence-electron chi connectivity index (χ1n) is 5.47. The fourth-order valence-corrected chi connectivity index (χ4v) is 1.07. The Morgan fingerprint density at radius 3 is 2.33 bits per heavy atom. The summed E-state index contributed by atoms with van der Waals surface area (Å²) in [5.41, 5.74) is 0. The first-order valence-corrected chi connectivity index (χ1v) is 5.47. The predicted molar refractivity (Wildman–Crippen MR) is 57.8 cm³/mol. The number of aliphatic hydroxyl groups is 1. The number of rotatable bonds is 11. The number of ether oxygens (including phenoxy) is 3. The summed E-state index contributed by atoms with van der Waals surface area (Å²) in [5, 5.41) is 11.6. The van der Waals surface area contributed by atoms with Gasteiger partial charge in [0.2, 0.25) is 0 Å². The van der Waals surface area contributed by atoms with Crippen molar-refractivity contribution in [1.82, 2.24) is 5.32 Å². The Balaban J connectivity index is 3.28. The van der Waals surface area contributed by atoms with E-state index < -0.39 is 0 Å². The Morgan fingerprint density at radius 1 is 1.13 bits per heavy atom. The number of nitrogens with one attached hydrogen (secondary N) is 1. The van der Waals surface area contributed by atoms with Crippen LogP contribution >= 0.6 is 0 Å². The molecular weight excluding hydrogens is 198 g/mol. The molecule has 0 aliphatic carbocycles. The Kier molecular flexibility index (Phi) is 11.7. The summed E-state index contributed by atoms with van der Waals surface area (Å²) < 4.78 is 15.8. The van der Waals surface area contributed by atoms with E-state index in [9.17, 15) is 0 Å². The molecule has 5 heteroatoms. The number of hydrogen-bond donors (Lipinski definition) is 2. The molecule has 0 fully saturated rings. The molecule has 15 heavy (non-hydrogen) atoms. The van der Waals surface area contributed by atoms with E-state index >= 15 is 0 Å². The van der Waals surface area contributed by atoms with Crippen LogP contribution in [0.5, 0.6) is 0 Å². The van der Waals surface area contributed by atoms with E-state index in [1.165, 1.54) is 0 Å². The second-order valence-corrected chi connectivity index (χ2v) is 2.88. The maximum absolute atomic E-state index is 8.47. The fraction of sp³-hybridized carbons (Fsp3) is 1.00. The zero-order valence-corrected chi connectivity index (χ0v) is 9.70. The van der Waals surface area contributed by atoms with E-state index in [4.69, 9.17) is 19.3 Å². The van der Waals surface area contributed by atoms with Gasteiger partial charge >= 0.3 is 0 Å². The van der Waals surface area contributed by atoms with Crippen LogP contribution in [0.3, 0.4) is 0 Å². The van der Waals surface area contributed by atoms with Crippen LogP contribution in [-0.4, -0.2) is 57.5 Å². The molecule has 0 aromatic rings. The van der Waals surface area contributed by atoms with Crippen LogP contribution in [0, 0.1) is 0 Å². The van der Waals surface area contributed by atoms with Crippen molar-refractivity contribution in [3.63, 3.8) is 0 Å². The molecule has 2 N–H and O–H groups in total. The second-order valence-electron chi connectivity index (χ2n) is 2.88. The van der Waals surface area contributed by atoms with Crippen LogP contribution in [-0.2, 0) is 14.2 Å². The highest BCUT2D eigenvalue weighted by atomic mass is 16.7. The lowest BCUT2D eigenvalue weighted by Gasteiger charge is -2.17. The normalized spacial score (nSPS) is 11.2. The van der Waals surface area contributed by atoms with Crippen LogP contribution in [0.15, 0.2) is 0 Å². The smallest absolute Gasteiger partial charge is 0.169 e. The Bertz CT molecular complexity index is 118. The second kappa shape index (κ2) is 11.9. The number of aliphatic hydroxyl groups excluding tert-OH is 1. The van der Waals surface area contributed by atoms with Gasteiger partial charge in [-0.2, -0.15) is 0 Å². The fourth-order valence-electron chi connectivity index (χ4n) is 1.07. The van der Waals surface area contributed by atoms with Crippen LogP contribution in [0.25, 0.3) is 0 Å². The molecule has 0 unspecified atom stereocenters. The zero-order valence-electron chi connectivity index (χ0n) is 9.70. The van der Waals surface area contributed by atoms with E-state index in [0.717, 1.165) is 6.54 Å². The SMILES string of the molecule is CCOC(CNCCOCCO)OCC. The molecule has 0 aliphatic rings. The third kappa shape index (κ3) is 10.1. The largest absolute Gasteiger partial charge is 0.394 e. The van der Waals surface area contributed by atoms with Gasteiger partial charge in [-0.15, -0.1) is 0 Å². The average Bonchev–Trinajstić information content (AvgIpc) is 2.24. The van der Waals surface area contributed by atoms with Crippen LogP contribution in [0.1, 0.15) is 13.8 Å². The summed E-state index contributed by atoms with van der Waals surface area (Å²) in [4.78, 5) is 0. The lowest BCUT2D eigenvalue weighted by atomic mass is 10.5. The number of hydrogen-bond acceptors (Lipinski definition) is 5. The third-order valence-electron chi connectivity index (χ3n) is 1.67. The molecule has 0 aromatic carbocycles. The van der Waals surface area contributed by atoms with Gasteiger partial charge in [-0.25, -0.2) is 0 Å². The van der Waals surface area contributed by atoms with Crippen molar-refractivity contribution in [3.05, 3.63) is 0 Å². The van der Waals surface area contributed by atoms with E-state index in [1.54, 1.807) is 0 Å².